The molecule has 23 heavy (non-hydrogen) atoms. The standard InChI is InChI=1S/C16H33N3O4/c1-15(2,3)22-13(20)18-10-7-8-11-19(12-9-17)14(21)23-16(4,5)6/h7-12,17H2,1-6H3,(H,18,20). The Morgan fingerprint density at radius 1 is 0.957 bits per heavy atom. The molecule has 0 spiro atoms. The van der Waals surface area contributed by atoms with Gasteiger partial charge in [-0.1, -0.05) is 0 Å². The summed E-state index contributed by atoms with van der Waals surface area (Å²) in [7, 11) is 0. The minimum absolute atomic E-state index is 0.358. The van der Waals surface area contributed by atoms with Crippen molar-refractivity contribution < 1.29 is 19.1 Å². The van der Waals surface area contributed by atoms with Crippen molar-refractivity contribution in [2.24, 2.45) is 5.73 Å². The van der Waals surface area contributed by atoms with Gasteiger partial charge in [-0.2, -0.15) is 0 Å². The number of carbonyl (C=O) groups excluding carboxylic acids is 2. The number of hydrogen-bond donors (Lipinski definition) is 2. The fourth-order valence-corrected chi connectivity index (χ4v) is 1.71. The molecule has 0 fully saturated rings. The number of ether oxygens (including phenoxy) is 2. The lowest BCUT2D eigenvalue weighted by Gasteiger charge is -2.27. The number of nitrogens with two attached hydrogens (primary N) is 1. The highest BCUT2D eigenvalue weighted by Crippen LogP contribution is 2.10. The number of rotatable bonds is 7. The first kappa shape index (κ1) is 21.5. The van der Waals surface area contributed by atoms with Crippen molar-refractivity contribution in [3.8, 4) is 0 Å². The third-order valence-corrected chi connectivity index (χ3v) is 2.57. The van der Waals surface area contributed by atoms with E-state index < -0.39 is 17.3 Å². The Hall–Kier alpha value is -1.50. The predicted octanol–water partition coefficient (Wildman–Crippen LogP) is 2.49. The lowest BCUT2D eigenvalue weighted by molar-refractivity contribution is 0.0250. The minimum atomic E-state index is -0.526. The van der Waals surface area contributed by atoms with Crippen LogP contribution >= 0.6 is 0 Å². The number of nitrogens with one attached hydrogen (secondary N) is 1. The summed E-state index contributed by atoms with van der Waals surface area (Å²) in [5.74, 6) is 0. The Morgan fingerprint density at radius 2 is 1.52 bits per heavy atom. The highest BCUT2D eigenvalue weighted by atomic mass is 16.6. The van der Waals surface area contributed by atoms with Crippen LogP contribution in [0.4, 0.5) is 9.59 Å². The van der Waals surface area contributed by atoms with Crippen molar-refractivity contribution in [1.82, 2.24) is 10.2 Å². The largest absolute Gasteiger partial charge is 0.444 e. The molecule has 0 heterocycles. The zero-order valence-corrected chi connectivity index (χ0v) is 15.4. The maximum atomic E-state index is 12.0. The molecule has 0 aliphatic rings. The van der Waals surface area contributed by atoms with Crippen LogP contribution in [-0.2, 0) is 9.47 Å². The van der Waals surface area contributed by atoms with Crippen LogP contribution in [-0.4, -0.2) is 54.5 Å². The molecule has 0 aromatic carbocycles. The summed E-state index contributed by atoms with van der Waals surface area (Å²) in [5, 5.41) is 2.69. The zero-order chi connectivity index (χ0) is 18.1. The van der Waals surface area contributed by atoms with Crippen LogP contribution in [0, 0.1) is 0 Å². The molecule has 0 saturated heterocycles. The van der Waals surface area contributed by atoms with E-state index in [4.69, 9.17) is 15.2 Å². The van der Waals surface area contributed by atoms with E-state index in [1.807, 2.05) is 41.5 Å². The average molecular weight is 331 g/mol. The first-order chi connectivity index (χ1) is 10.4. The van der Waals surface area contributed by atoms with Gasteiger partial charge in [-0.3, -0.25) is 0 Å². The number of unbranched alkanes of at least 4 members (excludes halogenated alkanes) is 1. The van der Waals surface area contributed by atoms with Gasteiger partial charge in [-0.15, -0.1) is 0 Å². The maximum absolute atomic E-state index is 12.0. The minimum Gasteiger partial charge on any atom is -0.444 e. The number of carbonyl (C=O) groups is 2. The van der Waals surface area contributed by atoms with Gasteiger partial charge in [-0.05, 0) is 54.4 Å². The van der Waals surface area contributed by atoms with Crippen LogP contribution in [0.1, 0.15) is 54.4 Å². The van der Waals surface area contributed by atoms with Crippen LogP contribution in [0.3, 0.4) is 0 Å². The molecule has 0 unspecified atom stereocenters. The molecule has 0 bridgehead atoms. The van der Waals surface area contributed by atoms with E-state index in [9.17, 15) is 9.59 Å². The zero-order valence-electron chi connectivity index (χ0n) is 15.4. The van der Waals surface area contributed by atoms with Crippen LogP contribution in [0.15, 0.2) is 0 Å². The second kappa shape index (κ2) is 9.60. The molecule has 0 atom stereocenters. The van der Waals surface area contributed by atoms with E-state index >= 15 is 0 Å². The topological polar surface area (TPSA) is 93.9 Å². The summed E-state index contributed by atoms with van der Waals surface area (Å²) in [6.45, 7) is 12.8. The first-order valence-electron chi connectivity index (χ1n) is 8.09. The average Bonchev–Trinajstić information content (AvgIpc) is 2.32. The van der Waals surface area contributed by atoms with Gasteiger partial charge in [0, 0.05) is 26.2 Å². The molecule has 2 amide bonds. The van der Waals surface area contributed by atoms with Crippen LogP contribution in [0.2, 0.25) is 0 Å². The smallest absolute Gasteiger partial charge is 0.410 e. The molecular formula is C16H33N3O4. The SMILES string of the molecule is CC(C)(C)OC(=O)NCCCCN(CCN)C(=O)OC(C)(C)C. The van der Waals surface area contributed by atoms with Crippen LogP contribution < -0.4 is 11.1 Å². The van der Waals surface area contributed by atoms with Crippen molar-refractivity contribution in [1.29, 1.82) is 0 Å². The van der Waals surface area contributed by atoms with Gasteiger partial charge in [0.05, 0.1) is 0 Å². The fourth-order valence-electron chi connectivity index (χ4n) is 1.71. The summed E-state index contributed by atoms with van der Waals surface area (Å²) in [6.07, 6.45) is 0.699. The van der Waals surface area contributed by atoms with Gasteiger partial charge in [-0.25, -0.2) is 9.59 Å². The first-order valence-corrected chi connectivity index (χ1v) is 8.09. The third-order valence-electron chi connectivity index (χ3n) is 2.57. The lowest BCUT2D eigenvalue weighted by Crippen LogP contribution is -2.40. The van der Waals surface area contributed by atoms with Gasteiger partial charge >= 0.3 is 12.2 Å². The van der Waals surface area contributed by atoms with Crippen molar-refractivity contribution >= 4 is 12.2 Å². The summed E-state index contributed by atoms with van der Waals surface area (Å²) < 4.78 is 10.5. The molecule has 0 aliphatic heterocycles. The molecular weight excluding hydrogens is 298 g/mol. The predicted molar refractivity (Wildman–Crippen MR) is 90.3 cm³/mol. The van der Waals surface area contributed by atoms with E-state index in [-0.39, 0.29) is 6.09 Å². The fraction of sp³-hybridized carbons (Fsp3) is 0.875. The van der Waals surface area contributed by atoms with Crippen molar-refractivity contribution in [2.75, 3.05) is 26.2 Å². The molecule has 7 heteroatoms. The normalized spacial score (nSPS) is 11.8. The number of alkyl carbamates (subject to hydrolysis) is 1. The number of hydrogen-bond acceptors (Lipinski definition) is 5. The Morgan fingerprint density at radius 3 is 2.00 bits per heavy atom. The number of amides is 2. The van der Waals surface area contributed by atoms with Gasteiger partial charge in [0.25, 0.3) is 0 Å². The van der Waals surface area contributed by atoms with Crippen LogP contribution in [0.5, 0.6) is 0 Å². The van der Waals surface area contributed by atoms with Crippen LogP contribution in [0.25, 0.3) is 0 Å². The van der Waals surface area contributed by atoms with Gasteiger partial charge < -0.3 is 25.4 Å². The molecule has 0 aromatic rings. The van der Waals surface area contributed by atoms with Crippen molar-refractivity contribution in [2.45, 2.75) is 65.6 Å². The van der Waals surface area contributed by atoms with Crippen molar-refractivity contribution in [3.05, 3.63) is 0 Å². The maximum Gasteiger partial charge on any atom is 0.410 e. The molecule has 0 radical (unpaired) electrons. The van der Waals surface area contributed by atoms with E-state index in [1.165, 1.54) is 0 Å². The van der Waals surface area contributed by atoms with Gasteiger partial charge in [0.2, 0.25) is 0 Å². The Balaban J connectivity index is 4.06. The van der Waals surface area contributed by atoms with E-state index in [0.29, 0.717) is 26.2 Å². The molecule has 7 nitrogen and oxygen atoms in total. The molecule has 0 saturated carbocycles. The molecule has 136 valence electrons. The second-order valence-electron chi connectivity index (χ2n) is 7.39. The Kier molecular flexibility index (Phi) is 8.97. The van der Waals surface area contributed by atoms with Gasteiger partial charge in [0.1, 0.15) is 11.2 Å². The molecule has 0 aliphatic carbocycles. The molecule has 3 N–H and O–H groups in total. The highest BCUT2D eigenvalue weighted by molar-refractivity contribution is 5.68. The summed E-state index contributed by atoms with van der Waals surface area (Å²) in [5.41, 5.74) is 4.51. The van der Waals surface area contributed by atoms with E-state index in [2.05, 4.69) is 5.32 Å². The van der Waals surface area contributed by atoms with E-state index in [0.717, 1.165) is 12.8 Å². The second-order valence-corrected chi connectivity index (χ2v) is 7.39. The Bertz CT molecular complexity index is 373. The molecule has 0 rings (SSSR count). The monoisotopic (exact) mass is 331 g/mol. The van der Waals surface area contributed by atoms with E-state index in [1.54, 1.807) is 4.90 Å². The summed E-state index contributed by atoms with van der Waals surface area (Å²) in [4.78, 5) is 25.1. The third kappa shape index (κ3) is 12.7. The molecule has 0 aromatic heterocycles. The van der Waals surface area contributed by atoms with Crippen molar-refractivity contribution in [3.63, 3.8) is 0 Å². The van der Waals surface area contributed by atoms with Gasteiger partial charge in [0.15, 0.2) is 0 Å². The quantitative estimate of drug-likeness (QED) is 0.699. The Labute approximate surface area is 139 Å². The number of nitrogens with zero attached hydrogens (tertiary/aromatic N) is 1. The summed E-state index contributed by atoms with van der Waals surface area (Å²) in [6, 6.07) is 0. The highest BCUT2D eigenvalue weighted by Gasteiger charge is 2.21. The lowest BCUT2D eigenvalue weighted by atomic mass is 10.2. The summed E-state index contributed by atoms with van der Waals surface area (Å²) >= 11 is 0.